The fraction of sp³-hybridized carbons (Fsp3) is 0.0667. The molecule has 1 aromatic heterocycles. The number of hydrogen-bond acceptors (Lipinski definition) is 2. The molecule has 0 bridgehead atoms. The van der Waals surface area contributed by atoms with Crippen LogP contribution in [-0.4, -0.2) is 9.97 Å². The molecule has 0 aliphatic rings. The van der Waals surface area contributed by atoms with Crippen LogP contribution in [-0.2, 0) is 0 Å². The van der Waals surface area contributed by atoms with Crippen molar-refractivity contribution in [1.82, 2.24) is 9.97 Å². The topological polar surface area (TPSA) is 45.8 Å². The van der Waals surface area contributed by atoms with Gasteiger partial charge in [0.05, 0.1) is 11.0 Å². The molecule has 0 aliphatic heterocycles. The van der Waals surface area contributed by atoms with Gasteiger partial charge in [-0.1, -0.05) is 29.8 Å². The Labute approximate surface area is 114 Å². The highest BCUT2D eigenvalue weighted by molar-refractivity contribution is 6.30. The molecular weight excluding hydrogens is 260 g/mol. The molecule has 0 unspecified atom stereocenters. The van der Waals surface area contributed by atoms with Crippen LogP contribution in [0.1, 0.15) is 5.56 Å². The molecule has 94 valence electrons. The minimum atomic E-state index is -0.194. The van der Waals surface area contributed by atoms with Gasteiger partial charge in [0, 0.05) is 10.6 Å². The van der Waals surface area contributed by atoms with Crippen molar-refractivity contribution in [2.45, 2.75) is 6.92 Å². The Kier molecular flexibility index (Phi) is 2.84. The van der Waals surface area contributed by atoms with Crippen molar-refractivity contribution >= 4 is 22.6 Å². The zero-order valence-electron chi connectivity index (χ0n) is 10.3. The quantitative estimate of drug-likeness (QED) is 0.735. The van der Waals surface area contributed by atoms with E-state index in [4.69, 9.17) is 11.6 Å². The van der Waals surface area contributed by atoms with E-state index in [2.05, 4.69) is 9.97 Å². The highest BCUT2D eigenvalue weighted by Gasteiger charge is 2.07. The van der Waals surface area contributed by atoms with Crippen molar-refractivity contribution < 1.29 is 0 Å². The first-order chi connectivity index (χ1) is 9.13. The van der Waals surface area contributed by atoms with Crippen LogP contribution in [0.25, 0.3) is 22.3 Å². The number of aryl methyl sites for hydroxylation is 1. The van der Waals surface area contributed by atoms with E-state index in [1.807, 2.05) is 25.1 Å². The maximum atomic E-state index is 12.1. The lowest BCUT2D eigenvalue weighted by Gasteiger charge is -2.03. The summed E-state index contributed by atoms with van der Waals surface area (Å²) in [7, 11) is 0. The Balaban J connectivity index is 2.24. The number of hydrogen-bond donors (Lipinski definition) is 1. The lowest BCUT2D eigenvalue weighted by atomic mass is 10.1. The van der Waals surface area contributed by atoms with Crippen LogP contribution < -0.4 is 5.56 Å². The summed E-state index contributed by atoms with van der Waals surface area (Å²) in [6.07, 6.45) is 0. The van der Waals surface area contributed by atoms with Gasteiger partial charge in [-0.3, -0.25) is 4.79 Å². The summed E-state index contributed by atoms with van der Waals surface area (Å²) < 4.78 is 0. The molecule has 2 aromatic carbocycles. The molecule has 0 saturated carbocycles. The molecule has 19 heavy (non-hydrogen) atoms. The largest absolute Gasteiger partial charge is 0.319 e. The maximum Gasteiger partial charge on any atom is 0.274 e. The number of halogens is 1. The normalized spacial score (nSPS) is 10.8. The van der Waals surface area contributed by atoms with Crippen LogP contribution in [0.2, 0.25) is 5.02 Å². The third-order valence-corrected chi connectivity index (χ3v) is 3.22. The van der Waals surface area contributed by atoms with Crippen LogP contribution in [0, 0.1) is 6.92 Å². The maximum absolute atomic E-state index is 12.1. The van der Waals surface area contributed by atoms with Gasteiger partial charge < -0.3 is 4.98 Å². The van der Waals surface area contributed by atoms with E-state index in [-0.39, 0.29) is 5.56 Å². The zero-order valence-corrected chi connectivity index (χ0v) is 11.0. The number of nitrogens with zero attached hydrogens (tertiary/aromatic N) is 1. The van der Waals surface area contributed by atoms with E-state index < -0.39 is 0 Å². The molecule has 3 aromatic rings. The Bertz CT molecular complexity index is 806. The van der Waals surface area contributed by atoms with E-state index in [1.54, 1.807) is 24.3 Å². The molecule has 0 fully saturated rings. The van der Waals surface area contributed by atoms with Crippen molar-refractivity contribution in [2.75, 3.05) is 0 Å². The van der Waals surface area contributed by atoms with Crippen molar-refractivity contribution in [3.05, 3.63) is 63.4 Å². The lowest BCUT2D eigenvalue weighted by Crippen LogP contribution is -2.11. The molecule has 3 rings (SSSR count). The first-order valence-electron chi connectivity index (χ1n) is 5.90. The molecule has 0 amide bonds. The smallest absolute Gasteiger partial charge is 0.274 e. The van der Waals surface area contributed by atoms with Crippen molar-refractivity contribution in [3.63, 3.8) is 0 Å². The van der Waals surface area contributed by atoms with E-state index >= 15 is 0 Å². The Hall–Kier alpha value is -2.13. The third kappa shape index (κ3) is 2.25. The Morgan fingerprint density at radius 2 is 1.84 bits per heavy atom. The van der Waals surface area contributed by atoms with Crippen molar-refractivity contribution in [2.24, 2.45) is 0 Å². The van der Waals surface area contributed by atoms with Gasteiger partial charge in [0.15, 0.2) is 0 Å². The average molecular weight is 271 g/mol. The highest BCUT2D eigenvalue weighted by atomic mass is 35.5. The number of aromatic amines is 1. The SMILES string of the molecule is Cc1ccc2nc(-c3ccc(Cl)cc3)c(=O)[nH]c2c1. The van der Waals surface area contributed by atoms with E-state index in [1.165, 1.54) is 0 Å². The number of nitrogens with one attached hydrogen (secondary N) is 1. The second-order valence-corrected chi connectivity index (χ2v) is 4.88. The van der Waals surface area contributed by atoms with Crippen molar-refractivity contribution in [3.8, 4) is 11.3 Å². The predicted octanol–water partition coefficient (Wildman–Crippen LogP) is 3.55. The van der Waals surface area contributed by atoms with Gasteiger partial charge >= 0.3 is 0 Å². The summed E-state index contributed by atoms with van der Waals surface area (Å²) in [6.45, 7) is 1.98. The number of rotatable bonds is 1. The fourth-order valence-corrected chi connectivity index (χ4v) is 2.13. The van der Waals surface area contributed by atoms with Crippen LogP contribution in [0.5, 0.6) is 0 Å². The van der Waals surface area contributed by atoms with E-state index in [0.717, 1.165) is 22.2 Å². The second kappa shape index (κ2) is 4.52. The van der Waals surface area contributed by atoms with Gasteiger partial charge in [0.2, 0.25) is 0 Å². The van der Waals surface area contributed by atoms with E-state index in [9.17, 15) is 4.79 Å². The summed E-state index contributed by atoms with van der Waals surface area (Å²) >= 11 is 5.85. The molecule has 1 heterocycles. The molecule has 0 aliphatic carbocycles. The van der Waals surface area contributed by atoms with Gasteiger partial charge in [-0.2, -0.15) is 0 Å². The van der Waals surface area contributed by atoms with Crippen molar-refractivity contribution in [1.29, 1.82) is 0 Å². The molecule has 1 N–H and O–H groups in total. The predicted molar refractivity (Wildman–Crippen MR) is 77.5 cm³/mol. The summed E-state index contributed by atoms with van der Waals surface area (Å²) in [4.78, 5) is 19.4. The van der Waals surface area contributed by atoms with Gasteiger partial charge in [-0.05, 0) is 36.8 Å². The summed E-state index contributed by atoms with van der Waals surface area (Å²) in [5.74, 6) is 0. The van der Waals surface area contributed by atoms with Crippen LogP contribution in [0.4, 0.5) is 0 Å². The van der Waals surface area contributed by atoms with Crippen LogP contribution in [0.3, 0.4) is 0 Å². The fourth-order valence-electron chi connectivity index (χ4n) is 2.00. The van der Waals surface area contributed by atoms with E-state index in [0.29, 0.717) is 10.7 Å². The highest BCUT2D eigenvalue weighted by Crippen LogP contribution is 2.19. The third-order valence-electron chi connectivity index (χ3n) is 2.97. The number of benzene rings is 2. The molecule has 0 radical (unpaired) electrons. The molecule has 0 atom stereocenters. The molecule has 0 saturated heterocycles. The van der Waals surface area contributed by atoms with Gasteiger partial charge in [0.1, 0.15) is 5.69 Å². The molecule has 3 nitrogen and oxygen atoms in total. The first kappa shape index (κ1) is 11.9. The van der Waals surface area contributed by atoms with Crippen LogP contribution in [0.15, 0.2) is 47.3 Å². The monoisotopic (exact) mass is 270 g/mol. The van der Waals surface area contributed by atoms with Gasteiger partial charge in [-0.15, -0.1) is 0 Å². The first-order valence-corrected chi connectivity index (χ1v) is 6.28. The summed E-state index contributed by atoms with van der Waals surface area (Å²) in [5, 5.41) is 0.636. The Morgan fingerprint density at radius 1 is 1.11 bits per heavy atom. The van der Waals surface area contributed by atoms with Crippen LogP contribution >= 0.6 is 11.6 Å². The number of aromatic nitrogens is 2. The number of H-pyrrole nitrogens is 1. The Morgan fingerprint density at radius 3 is 2.58 bits per heavy atom. The standard InChI is InChI=1S/C15H11ClN2O/c1-9-2-7-12-13(8-9)18-15(19)14(17-12)10-3-5-11(16)6-4-10/h2-8H,1H3,(H,18,19). The van der Waals surface area contributed by atoms with Gasteiger partial charge in [0.25, 0.3) is 5.56 Å². The minimum Gasteiger partial charge on any atom is -0.319 e. The second-order valence-electron chi connectivity index (χ2n) is 4.44. The minimum absolute atomic E-state index is 0.194. The molecule has 0 spiro atoms. The zero-order chi connectivity index (χ0) is 13.4. The van der Waals surface area contributed by atoms with Gasteiger partial charge in [-0.25, -0.2) is 4.98 Å². The average Bonchev–Trinajstić information content (AvgIpc) is 2.39. The lowest BCUT2D eigenvalue weighted by molar-refractivity contribution is 1.22. The number of fused-ring (bicyclic) bond motifs is 1. The molecule has 4 heteroatoms. The summed E-state index contributed by atoms with van der Waals surface area (Å²) in [6, 6.07) is 12.9. The molecular formula is C15H11ClN2O. The summed E-state index contributed by atoms with van der Waals surface area (Å²) in [5.41, 5.74) is 3.59.